The van der Waals surface area contributed by atoms with Gasteiger partial charge in [0, 0.05) is 11.8 Å². The first-order valence-electron chi connectivity index (χ1n) is 8.02. The second kappa shape index (κ2) is 7.87. The summed E-state index contributed by atoms with van der Waals surface area (Å²) >= 11 is 0. The van der Waals surface area contributed by atoms with Crippen molar-refractivity contribution in [3.05, 3.63) is 83.7 Å². The predicted octanol–water partition coefficient (Wildman–Crippen LogP) is 3.90. The maximum Gasteiger partial charge on any atom is 0.416 e. The van der Waals surface area contributed by atoms with Crippen molar-refractivity contribution in [2.75, 3.05) is 0 Å². The van der Waals surface area contributed by atoms with E-state index in [4.69, 9.17) is 4.74 Å². The standard InChI is InChI=1S/C19H14F3N3O3/c20-19(21,22)13-5-2-7-15(11-13)28-14-6-1-4-12(10-14)17(26)24-25-18(27)16-8-3-9-23-16/h1-11,23H,(H,24,26)(H,25,27). The van der Waals surface area contributed by atoms with Crippen LogP contribution in [0, 0.1) is 0 Å². The van der Waals surface area contributed by atoms with Gasteiger partial charge in [0.05, 0.1) is 5.56 Å². The molecule has 6 nitrogen and oxygen atoms in total. The molecule has 3 aromatic rings. The third-order valence-corrected chi connectivity index (χ3v) is 3.63. The maximum absolute atomic E-state index is 12.8. The van der Waals surface area contributed by atoms with Gasteiger partial charge in [-0.05, 0) is 48.5 Å². The lowest BCUT2D eigenvalue weighted by Gasteiger charge is -2.11. The van der Waals surface area contributed by atoms with Crippen LogP contribution in [0.4, 0.5) is 13.2 Å². The van der Waals surface area contributed by atoms with Gasteiger partial charge in [-0.25, -0.2) is 0 Å². The number of benzene rings is 2. The summed E-state index contributed by atoms with van der Waals surface area (Å²) < 4.78 is 43.8. The number of carbonyl (C=O) groups is 2. The molecule has 0 unspecified atom stereocenters. The summed E-state index contributed by atoms with van der Waals surface area (Å²) in [4.78, 5) is 26.6. The molecule has 0 saturated carbocycles. The fourth-order valence-corrected chi connectivity index (χ4v) is 2.30. The van der Waals surface area contributed by atoms with Gasteiger partial charge in [0.1, 0.15) is 17.2 Å². The van der Waals surface area contributed by atoms with E-state index in [0.29, 0.717) is 0 Å². The number of carbonyl (C=O) groups excluding carboxylic acids is 2. The number of alkyl halides is 3. The number of H-pyrrole nitrogens is 1. The molecule has 1 heterocycles. The summed E-state index contributed by atoms with van der Waals surface area (Å²) in [6.45, 7) is 0. The van der Waals surface area contributed by atoms with Gasteiger partial charge >= 0.3 is 6.18 Å². The third kappa shape index (κ3) is 4.70. The summed E-state index contributed by atoms with van der Waals surface area (Å²) in [6, 6.07) is 13.4. The fourth-order valence-electron chi connectivity index (χ4n) is 2.30. The van der Waals surface area contributed by atoms with Gasteiger partial charge in [-0.3, -0.25) is 20.4 Å². The van der Waals surface area contributed by atoms with E-state index in [9.17, 15) is 22.8 Å². The molecule has 0 aliphatic carbocycles. The van der Waals surface area contributed by atoms with Gasteiger partial charge in [-0.15, -0.1) is 0 Å². The summed E-state index contributed by atoms with van der Waals surface area (Å²) in [5.74, 6) is -1.00. The van der Waals surface area contributed by atoms with Crippen LogP contribution < -0.4 is 15.6 Å². The van der Waals surface area contributed by atoms with Crippen LogP contribution in [0.3, 0.4) is 0 Å². The molecule has 0 aliphatic rings. The van der Waals surface area contributed by atoms with Gasteiger partial charge in [0.2, 0.25) is 0 Å². The Kier molecular flexibility index (Phi) is 5.35. The molecule has 3 rings (SSSR count). The lowest BCUT2D eigenvalue weighted by molar-refractivity contribution is -0.137. The number of hydrogen-bond acceptors (Lipinski definition) is 3. The first kappa shape index (κ1) is 19.0. The molecule has 9 heteroatoms. The first-order valence-corrected chi connectivity index (χ1v) is 8.02. The Balaban J connectivity index is 1.67. The SMILES string of the molecule is O=C(NNC(=O)c1ccc[nH]1)c1cccc(Oc2cccc(C(F)(F)F)c2)c1. The van der Waals surface area contributed by atoms with E-state index in [0.717, 1.165) is 12.1 Å². The number of hydrogen-bond donors (Lipinski definition) is 3. The number of nitrogens with one attached hydrogen (secondary N) is 3. The highest BCUT2D eigenvalue weighted by atomic mass is 19.4. The maximum atomic E-state index is 12.8. The van der Waals surface area contributed by atoms with Crippen molar-refractivity contribution in [2.45, 2.75) is 6.18 Å². The highest BCUT2D eigenvalue weighted by molar-refractivity contribution is 5.98. The Bertz CT molecular complexity index is 985. The normalized spacial score (nSPS) is 11.0. The molecule has 3 N–H and O–H groups in total. The molecule has 0 fully saturated rings. The number of hydrazine groups is 1. The number of aromatic nitrogens is 1. The second-order valence-electron chi connectivity index (χ2n) is 5.65. The minimum Gasteiger partial charge on any atom is -0.457 e. The Morgan fingerprint density at radius 1 is 0.857 bits per heavy atom. The quantitative estimate of drug-likeness (QED) is 0.592. The molecule has 1 aromatic heterocycles. The number of ether oxygens (including phenoxy) is 1. The monoisotopic (exact) mass is 389 g/mol. The van der Waals surface area contributed by atoms with E-state index in [-0.39, 0.29) is 22.8 Å². The van der Waals surface area contributed by atoms with Crippen molar-refractivity contribution < 1.29 is 27.5 Å². The summed E-state index contributed by atoms with van der Waals surface area (Å²) in [5, 5.41) is 0. The zero-order chi connectivity index (χ0) is 20.1. The highest BCUT2D eigenvalue weighted by Crippen LogP contribution is 2.32. The van der Waals surface area contributed by atoms with Crippen molar-refractivity contribution in [3.8, 4) is 11.5 Å². The number of rotatable bonds is 4. The van der Waals surface area contributed by atoms with Gasteiger partial charge in [-0.2, -0.15) is 13.2 Å². The summed E-state index contributed by atoms with van der Waals surface area (Å²) in [7, 11) is 0. The van der Waals surface area contributed by atoms with Gasteiger partial charge < -0.3 is 9.72 Å². The number of amides is 2. The Morgan fingerprint density at radius 2 is 1.54 bits per heavy atom. The molecule has 144 valence electrons. The molecule has 0 atom stereocenters. The van der Waals surface area contributed by atoms with E-state index in [2.05, 4.69) is 15.8 Å². The van der Waals surface area contributed by atoms with Crippen molar-refractivity contribution in [2.24, 2.45) is 0 Å². The van der Waals surface area contributed by atoms with E-state index in [1.54, 1.807) is 12.3 Å². The molecule has 2 aromatic carbocycles. The Labute approximate surface area is 157 Å². The van der Waals surface area contributed by atoms with Gasteiger partial charge in [-0.1, -0.05) is 12.1 Å². The molecule has 0 radical (unpaired) electrons. The zero-order valence-corrected chi connectivity index (χ0v) is 14.2. The molecule has 0 aliphatic heterocycles. The Morgan fingerprint density at radius 3 is 2.21 bits per heavy atom. The largest absolute Gasteiger partial charge is 0.457 e. The van der Waals surface area contributed by atoms with Crippen LogP contribution in [-0.2, 0) is 6.18 Å². The average molecular weight is 389 g/mol. The minimum atomic E-state index is -4.49. The smallest absolute Gasteiger partial charge is 0.416 e. The first-order chi connectivity index (χ1) is 13.3. The topological polar surface area (TPSA) is 83.2 Å². The highest BCUT2D eigenvalue weighted by Gasteiger charge is 2.30. The predicted molar refractivity (Wildman–Crippen MR) is 93.7 cm³/mol. The van der Waals surface area contributed by atoms with E-state index < -0.39 is 23.6 Å². The lowest BCUT2D eigenvalue weighted by atomic mass is 10.2. The molecule has 28 heavy (non-hydrogen) atoms. The van der Waals surface area contributed by atoms with Crippen molar-refractivity contribution in [1.82, 2.24) is 15.8 Å². The van der Waals surface area contributed by atoms with Crippen molar-refractivity contribution in [1.29, 1.82) is 0 Å². The van der Waals surface area contributed by atoms with E-state index in [1.807, 2.05) is 0 Å². The van der Waals surface area contributed by atoms with E-state index in [1.165, 1.54) is 42.5 Å². The molecular formula is C19H14F3N3O3. The van der Waals surface area contributed by atoms with Crippen LogP contribution in [0.5, 0.6) is 11.5 Å². The molecular weight excluding hydrogens is 375 g/mol. The van der Waals surface area contributed by atoms with Crippen LogP contribution in [0.1, 0.15) is 26.4 Å². The summed E-state index contributed by atoms with van der Waals surface area (Å²) in [5.41, 5.74) is 4.06. The van der Waals surface area contributed by atoms with Crippen LogP contribution in [0.25, 0.3) is 0 Å². The lowest BCUT2D eigenvalue weighted by Crippen LogP contribution is -2.41. The molecule has 2 amide bonds. The third-order valence-electron chi connectivity index (χ3n) is 3.63. The molecule has 0 saturated heterocycles. The number of halogens is 3. The van der Waals surface area contributed by atoms with Gasteiger partial charge in [0.15, 0.2) is 0 Å². The molecule has 0 bridgehead atoms. The van der Waals surface area contributed by atoms with Crippen LogP contribution in [0.2, 0.25) is 0 Å². The second-order valence-corrected chi connectivity index (χ2v) is 5.65. The van der Waals surface area contributed by atoms with Crippen LogP contribution in [-0.4, -0.2) is 16.8 Å². The molecule has 0 spiro atoms. The number of aromatic amines is 1. The fraction of sp³-hybridized carbons (Fsp3) is 0.0526. The van der Waals surface area contributed by atoms with Gasteiger partial charge in [0.25, 0.3) is 11.8 Å². The minimum absolute atomic E-state index is 0.0209. The van der Waals surface area contributed by atoms with E-state index >= 15 is 0 Å². The van der Waals surface area contributed by atoms with Crippen molar-refractivity contribution >= 4 is 11.8 Å². The van der Waals surface area contributed by atoms with Crippen LogP contribution in [0.15, 0.2) is 66.9 Å². The van der Waals surface area contributed by atoms with Crippen molar-refractivity contribution in [3.63, 3.8) is 0 Å². The van der Waals surface area contributed by atoms with Crippen LogP contribution >= 0.6 is 0 Å². The summed E-state index contributed by atoms with van der Waals surface area (Å²) in [6.07, 6.45) is -2.93. The Hall–Kier alpha value is -3.75. The average Bonchev–Trinajstić information content (AvgIpc) is 3.20. The zero-order valence-electron chi connectivity index (χ0n) is 14.2.